The van der Waals surface area contributed by atoms with Gasteiger partial charge in [-0.25, -0.2) is 4.98 Å². The first-order valence-electron chi connectivity index (χ1n) is 14.1. The third kappa shape index (κ3) is 6.58. The van der Waals surface area contributed by atoms with E-state index in [1.807, 2.05) is 19.2 Å². The van der Waals surface area contributed by atoms with Gasteiger partial charge in [0.15, 0.2) is 5.82 Å². The van der Waals surface area contributed by atoms with Crippen molar-refractivity contribution in [2.24, 2.45) is 0 Å². The van der Waals surface area contributed by atoms with Gasteiger partial charge in [-0.2, -0.15) is 4.98 Å². The predicted molar refractivity (Wildman–Crippen MR) is 176 cm³/mol. The Balaban J connectivity index is 1.46. The Morgan fingerprint density at radius 2 is 1.81 bits per heavy atom. The zero-order chi connectivity index (χ0) is 29.8. The number of nitrogens with one attached hydrogen (secondary N) is 2. The van der Waals surface area contributed by atoms with Crippen LogP contribution in [0.1, 0.15) is 26.3 Å². The Hall–Kier alpha value is -3.54. The molecule has 1 saturated heterocycles. The monoisotopic (exact) mass is 607 g/mol. The van der Waals surface area contributed by atoms with E-state index in [1.54, 1.807) is 37.6 Å². The molecule has 0 unspecified atom stereocenters. The lowest BCUT2D eigenvalue weighted by molar-refractivity contribution is 0.312. The maximum absolute atomic E-state index is 6.61. The van der Waals surface area contributed by atoms with Gasteiger partial charge in [-0.1, -0.05) is 32.4 Å². The second-order valence-electron chi connectivity index (χ2n) is 10.5. The summed E-state index contributed by atoms with van der Waals surface area (Å²) >= 11 is 8.31. The molecule has 0 bridgehead atoms. The van der Waals surface area contributed by atoms with Gasteiger partial charge in [-0.05, 0) is 49.2 Å². The normalized spacial score (nSPS) is 14.0. The van der Waals surface area contributed by atoms with Gasteiger partial charge in [-0.15, -0.1) is 0 Å². The third-order valence-corrected chi connectivity index (χ3v) is 8.36. The SMILES string of the molecule is CCc1cc(Nc2ncc(Cl)c(Nc3ccc4nccnc4c3N(C)SC(C)C)n2)c(OC)cc1N1CCN(C)CC1. The quantitative estimate of drug-likeness (QED) is 0.197. The van der Waals surface area contributed by atoms with Gasteiger partial charge in [0.25, 0.3) is 0 Å². The molecule has 1 aliphatic heterocycles. The van der Waals surface area contributed by atoms with Crippen LogP contribution in [0.25, 0.3) is 11.0 Å². The van der Waals surface area contributed by atoms with E-state index in [1.165, 1.54) is 11.3 Å². The Morgan fingerprint density at radius 1 is 1.05 bits per heavy atom. The molecule has 222 valence electrons. The highest BCUT2D eigenvalue weighted by Gasteiger charge is 2.21. The fourth-order valence-electron chi connectivity index (χ4n) is 5.08. The van der Waals surface area contributed by atoms with E-state index in [4.69, 9.17) is 21.3 Å². The minimum Gasteiger partial charge on any atom is -0.494 e. The van der Waals surface area contributed by atoms with Crippen LogP contribution in [-0.2, 0) is 6.42 Å². The average Bonchev–Trinajstić information content (AvgIpc) is 2.98. The van der Waals surface area contributed by atoms with Crippen LogP contribution in [0.4, 0.5) is 34.5 Å². The van der Waals surface area contributed by atoms with Gasteiger partial charge in [0.2, 0.25) is 5.95 Å². The summed E-state index contributed by atoms with van der Waals surface area (Å²) in [5.41, 5.74) is 6.56. The summed E-state index contributed by atoms with van der Waals surface area (Å²) in [6.45, 7) is 10.5. The van der Waals surface area contributed by atoms with Crippen molar-refractivity contribution in [1.82, 2.24) is 24.8 Å². The largest absolute Gasteiger partial charge is 0.494 e. The van der Waals surface area contributed by atoms with Crippen molar-refractivity contribution in [1.29, 1.82) is 0 Å². The Labute approximate surface area is 257 Å². The maximum Gasteiger partial charge on any atom is 0.229 e. The van der Waals surface area contributed by atoms with Crippen molar-refractivity contribution in [3.05, 3.63) is 53.4 Å². The molecule has 1 fully saturated rings. The highest BCUT2D eigenvalue weighted by atomic mass is 35.5. The highest BCUT2D eigenvalue weighted by molar-refractivity contribution is 8.01. The molecular formula is C30H38ClN9OS. The van der Waals surface area contributed by atoms with Crippen LogP contribution in [0, 0.1) is 0 Å². The van der Waals surface area contributed by atoms with Crippen LogP contribution < -0.4 is 24.6 Å². The summed E-state index contributed by atoms with van der Waals surface area (Å²) in [6, 6.07) is 8.17. The summed E-state index contributed by atoms with van der Waals surface area (Å²) in [6.07, 6.45) is 5.89. The van der Waals surface area contributed by atoms with Gasteiger partial charge >= 0.3 is 0 Å². The molecule has 10 nitrogen and oxygen atoms in total. The van der Waals surface area contributed by atoms with Crippen molar-refractivity contribution in [3.8, 4) is 5.75 Å². The van der Waals surface area contributed by atoms with E-state index in [0.717, 1.165) is 66.4 Å². The lowest BCUT2D eigenvalue weighted by Crippen LogP contribution is -2.44. The predicted octanol–water partition coefficient (Wildman–Crippen LogP) is 6.38. The molecule has 0 atom stereocenters. The molecule has 42 heavy (non-hydrogen) atoms. The van der Waals surface area contributed by atoms with E-state index in [2.05, 4.69) is 79.6 Å². The number of rotatable bonds is 10. The molecule has 0 saturated carbocycles. The van der Waals surface area contributed by atoms with E-state index in [0.29, 0.717) is 22.0 Å². The van der Waals surface area contributed by atoms with Crippen LogP contribution >= 0.6 is 23.5 Å². The number of piperazine rings is 1. The molecule has 2 aromatic carbocycles. The standard InChI is InChI=1S/C30H38ClN9OS/c1-7-20-16-24(26(41-6)17-25(20)40-14-12-38(4)13-15-40)36-30-34-18-21(31)29(37-30)35-23-9-8-22-27(33-11-10-32-22)28(23)39(5)42-19(2)3/h8-11,16-19H,7,12-15H2,1-6H3,(H2,34,35,36,37). The molecule has 0 amide bonds. The summed E-state index contributed by atoms with van der Waals surface area (Å²) in [4.78, 5) is 23.1. The van der Waals surface area contributed by atoms with Crippen LogP contribution in [0.5, 0.6) is 5.75 Å². The van der Waals surface area contributed by atoms with Crippen molar-refractivity contribution in [3.63, 3.8) is 0 Å². The van der Waals surface area contributed by atoms with Gasteiger partial charge in [0, 0.05) is 62.6 Å². The minimum absolute atomic E-state index is 0.374. The molecule has 0 spiro atoms. The van der Waals surface area contributed by atoms with E-state index >= 15 is 0 Å². The number of likely N-dealkylation sites (N-methyl/N-ethyl adjacent to an activating group) is 1. The second kappa shape index (κ2) is 13.2. The molecular weight excluding hydrogens is 570 g/mol. The number of methoxy groups -OCH3 is 1. The number of halogens is 1. The summed E-state index contributed by atoms with van der Waals surface area (Å²) < 4.78 is 7.92. The van der Waals surface area contributed by atoms with Crippen molar-refractivity contribution >= 4 is 69.1 Å². The first-order valence-corrected chi connectivity index (χ1v) is 15.3. The number of anilines is 6. The molecule has 4 aromatic rings. The van der Waals surface area contributed by atoms with Gasteiger partial charge < -0.3 is 29.5 Å². The molecule has 3 heterocycles. The average molecular weight is 608 g/mol. The molecule has 0 aliphatic carbocycles. The summed E-state index contributed by atoms with van der Waals surface area (Å²) in [5, 5.41) is 7.58. The Morgan fingerprint density at radius 3 is 2.52 bits per heavy atom. The topological polar surface area (TPSA) is 94.6 Å². The number of hydrogen-bond acceptors (Lipinski definition) is 11. The number of aromatic nitrogens is 4. The van der Waals surface area contributed by atoms with Crippen molar-refractivity contribution < 1.29 is 4.74 Å². The summed E-state index contributed by atoms with van der Waals surface area (Å²) in [7, 11) is 5.88. The number of nitrogens with zero attached hydrogens (tertiary/aromatic N) is 7. The van der Waals surface area contributed by atoms with Gasteiger partial charge in [0.05, 0.1) is 35.9 Å². The van der Waals surface area contributed by atoms with Crippen LogP contribution in [0.3, 0.4) is 0 Å². The van der Waals surface area contributed by atoms with Gasteiger partial charge in [-0.3, -0.25) is 9.97 Å². The first kappa shape index (κ1) is 29.9. The fraction of sp³-hybridized carbons (Fsp3) is 0.400. The third-order valence-electron chi connectivity index (χ3n) is 7.17. The lowest BCUT2D eigenvalue weighted by Gasteiger charge is -2.35. The number of benzene rings is 2. The maximum atomic E-state index is 6.61. The zero-order valence-electron chi connectivity index (χ0n) is 25.0. The number of hydrogen-bond donors (Lipinski definition) is 2. The van der Waals surface area contributed by atoms with Crippen LogP contribution in [-0.4, -0.2) is 77.5 Å². The number of ether oxygens (including phenoxy) is 1. The molecule has 12 heteroatoms. The molecule has 5 rings (SSSR count). The lowest BCUT2D eigenvalue weighted by atomic mass is 10.1. The summed E-state index contributed by atoms with van der Waals surface area (Å²) in [5.74, 6) is 1.61. The second-order valence-corrected chi connectivity index (χ2v) is 12.6. The molecule has 0 radical (unpaired) electrons. The first-order chi connectivity index (χ1) is 20.3. The smallest absolute Gasteiger partial charge is 0.229 e. The molecule has 1 aliphatic rings. The van der Waals surface area contributed by atoms with Crippen molar-refractivity contribution in [2.45, 2.75) is 32.4 Å². The molecule has 2 aromatic heterocycles. The van der Waals surface area contributed by atoms with Crippen LogP contribution in [0.2, 0.25) is 5.02 Å². The number of fused-ring (bicyclic) bond motifs is 1. The Kier molecular flexibility index (Phi) is 9.40. The highest BCUT2D eigenvalue weighted by Crippen LogP contribution is 2.39. The fourth-order valence-corrected chi connectivity index (χ4v) is 6.14. The van der Waals surface area contributed by atoms with Gasteiger partial charge in [0.1, 0.15) is 16.3 Å². The zero-order valence-corrected chi connectivity index (χ0v) is 26.6. The van der Waals surface area contributed by atoms with E-state index in [-0.39, 0.29) is 0 Å². The van der Waals surface area contributed by atoms with E-state index < -0.39 is 0 Å². The van der Waals surface area contributed by atoms with Crippen LogP contribution in [0.15, 0.2) is 42.9 Å². The van der Waals surface area contributed by atoms with Crippen molar-refractivity contribution in [2.75, 3.05) is 67.2 Å². The Bertz CT molecular complexity index is 1550. The molecule has 2 N–H and O–H groups in total. The number of aryl methyl sites for hydroxylation is 1. The van der Waals surface area contributed by atoms with E-state index in [9.17, 15) is 0 Å². The minimum atomic E-state index is 0.374.